The number of nitrogens with zero attached hydrogens (tertiary/aromatic N) is 1. The molecule has 2 nitrogen and oxygen atoms in total. The predicted octanol–water partition coefficient (Wildman–Crippen LogP) is 15.0. The molecule has 0 saturated heterocycles. The molecular formula is C52H33NO. The second-order valence-corrected chi connectivity index (χ2v) is 14.1. The number of hydrogen-bond acceptors (Lipinski definition) is 2. The van der Waals surface area contributed by atoms with Crippen molar-refractivity contribution >= 4 is 82.1 Å². The lowest BCUT2D eigenvalue weighted by atomic mass is 9.94. The first-order valence-corrected chi connectivity index (χ1v) is 18.5. The minimum Gasteiger partial charge on any atom is -0.456 e. The Morgan fingerprint density at radius 2 is 0.889 bits per heavy atom. The number of rotatable bonds is 5. The first-order chi connectivity index (χ1) is 26.8. The maximum absolute atomic E-state index is 6.23. The van der Waals surface area contributed by atoms with E-state index in [0.29, 0.717) is 0 Å². The normalized spacial score (nSPS) is 11.7. The maximum atomic E-state index is 6.23. The maximum Gasteiger partial charge on any atom is 0.135 e. The summed E-state index contributed by atoms with van der Waals surface area (Å²) in [4.78, 5) is 2.45. The van der Waals surface area contributed by atoms with Crippen LogP contribution in [0.25, 0.3) is 87.3 Å². The standard InChI is InChI=1S/C52H33NO/c1-3-14-39-34(12-1)26-30-45-40(20-11-21-43(39)45)35-24-28-38(29-25-35)53(50-33-36-13-2-4-15-41(36)44-17-5-6-18-46(44)50)49-22-9-7-16-42(49)37-27-31-52-48(32-37)47-19-8-10-23-51(47)54-52/h1-33H. The number of hydrogen-bond donors (Lipinski definition) is 0. The Labute approximate surface area is 312 Å². The van der Waals surface area contributed by atoms with Crippen LogP contribution in [0.4, 0.5) is 17.1 Å². The average Bonchev–Trinajstić information content (AvgIpc) is 3.62. The summed E-state index contributed by atoms with van der Waals surface area (Å²) >= 11 is 0. The minimum absolute atomic E-state index is 0.895. The van der Waals surface area contributed by atoms with Crippen molar-refractivity contribution in [2.45, 2.75) is 0 Å². The molecule has 2 heteroatoms. The molecule has 1 heterocycles. The topological polar surface area (TPSA) is 16.4 Å². The molecule has 0 aliphatic carbocycles. The van der Waals surface area contributed by atoms with Gasteiger partial charge in [-0.05, 0) is 96.9 Å². The second kappa shape index (κ2) is 12.2. The lowest BCUT2D eigenvalue weighted by Crippen LogP contribution is -2.12. The number of para-hydroxylation sites is 2. The van der Waals surface area contributed by atoms with Crippen LogP contribution in [-0.4, -0.2) is 0 Å². The van der Waals surface area contributed by atoms with E-state index in [2.05, 4.69) is 193 Å². The zero-order valence-corrected chi connectivity index (χ0v) is 29.4. The van der Waals surface area contributed by atoms with Crippen LogP contribution in [0.5, 0.6) is 0 Å². The SMILES string of the molecule is c1ccc(N(c2ccc(-c3cccc4c3ccc3ccccc34)cc2)c2cc3ccccc3c3ccccc23)c(-c2ccc3oc4ccccc4c3c2)c1. The van der Waals surface area contributed by atoms with Crippen LogP contribution in [0.1, 0.15) is 0 Å². The highest BCUT2D eigenvalue weighted by Gasteiger charge is 2.21. The van der Waals surface area contributed by atoms with Crippen LogP contribution < -0.4 is 4.90 Å². The van der Waals surface area contributed by atoms with Crippen molar-refractivity contribution in [1.29, 1.82) is 0 Å². The third kappa shape index (κ3) is 4.81. The van der Waals surface area contributed by atoms with Crippen LogP contribution in [0.3, 0.4) is 0 Å². The molecule has 0 fully saturated rings. The van der Waals surface area contributed by atoms with E-state index in [1.54, 1.807) is 0 Å². The summed E-state index contributed by atoms with van der Waals surface area (Å²) in [7, 11) is 0. The van der Waals surface area contributed by atoms with Crippen LogP contribution in [0.15, 0.2) is 205 Å². The summed E-state index contributed by atoms with van der Waals surface area (Å²) in [5.41, 5.74) is 9.83. The summed E-state index contributed by atoms with van der Waals surface area (Å²) < 4.78 is 6.23. The van der Waals surface area contributed by atoms with E-state index < -0.39 is 0 Å². The van der Waals surface area contributed by atoms with Crippen molar-refractivity contribution in [3.63, 3.8) is 0 Å². The number of fused-ring (bicyclic) bond motifs is 9. The molecule has 11 aromatic rings. The van der Waals surface area contributed by atoms with Gasteiger partial charge in [-0.1, -0.05) is 158 Å². The summed E-state index contributed by atoms with van der Waals surface area (Å²) in [6.07, 6.45) is 0. The van der Waals surface area contributed by atoms with Crippen molar-refractivity contribution in [3.8, 4) is 22.3 Å². The molecular weight excluding hydrogens is 655 g/mol. The van der Waals surface area contributed by atoms with Gasteiger partial charge in [0.25, 0.3) is 0 Å². The average molecular weight is 688 g/mol. The molecule has 11 rings (SSSR count). The third-order valence-corrected chi connectivity index (χ3v) is 11.0. The van der Waals surface area contributed by atoms with Gasteiger partial charge in [-0.25, -0.2) is 0 Å². The van der Waals surface area contributed by atoms with Crippen LogP contribution in [-0.2, 0) is 0 Å². The number of anilines is 3. The van der Waals surface area contributed by atoms with E-state index in [1.807, 2.05) is 12.1 Å². The third-order valence-electron chi connectivity index (χ3n) is 11.0. The molecule has 0 radical (unpaired) electrons. The van der Waals surface area contributed by atoms with E-state index in [4.69, 9.17) is 4.42 Å². The molecule has 0 atom stereocenters. The number of furan rings is 1. The van der Waals surface area contributed by atoms with Gasteiger partial charge in [0.1, 0.15) is 11.2 Å². The zero-order chi connectivity index (χ0) is 35.6. The predicted molar refractivity (Wildman–Crippen MR) is 229 cm³/mol. The van der Waals surface area contributed by atoms with E-state index in [1.165, 1.54) is 54.2 Å². The highest BCUT2D eigenvalue weighted by atomic mass is 16.3. The molecule has 1 aromatic heterocycles. The lowest BCUT2D eigenvalue weighted by Gasteiger charge is -2.30. The Morgan fingerprint density at radius 3 is 1.74 bits per heavy atom. The van der Waals surface area contributed by atoms with Crippen molar-refractivity contribution < 1.29 is 4.42 Å². The molecule has 0 bridgehead atoms. The van der Waals surface area contributed by atoms with Crippen molar-refractivity contribution in [2.24, 2.45) is 0 Å². The van der Waals surface area contributed by atoms with Gasteiger partial charge in [-0.15, -0.1) is 0 Å². The van der Waals surface area contributed by atoms with E-state index in [0.717, 1.165) is 50.1 Å². The van der Waals surface area contributed by atoms with E-state index in [-0.39, 0.29) is 0 Å². The van der Waals surface area contributed by atoms with E-state index in [9.17, 15) is 0 Å². The Hall–Kier alpha value is -7.16. The summed E-state index contributed by atoms with van der Waals surface area (Å²) in [6.45, 7) is 0. The van der Waals surface area contributed by atoms with Gasteiger partial charge in [0.2, 0.25) is 0 Å². The highest BCUT2D eigenvalue weighted by molar-refractivity contribution is 6.16. The first kappa shape index (κ1) is 30.5. The van der Waals surface area contributed by atoms with Crippen molar-refractivity contribution in [3.05, 3.63) is 200 Å². The molecule has 10 aromatic carbocycles. The molecule has 0 amide bonds. The summed E-state index contributed by atoms with van der Waals surface area (Å²) in [5, 5.41) is 12.2. The minimum atomic E-state index is 0.895. The van der Waals surface area contributed by atoms with Gasteiger partial charge >= 0.3 is 0 Å². The lowest BCUT2D eigenvalue weighted by molar-refractivity contribution is 0.669. The molecule has 0 aliphatic rings. The van der Waals surface area contributed by atoms with Crippen molar-refractivity contribution in [2.75, 3.05) is 4.90 Å². The van der Waals surface area contributed by atoms with Gasteiger partial charge in [0, 0.05) is 27.4 Å². The zero-order valence-electron chi connectivity index (χ0n) is 29.4. The fourth-order valence-corrected chi connectivity index (χ4v) is 8.52. The van der Waals surface area contributed by atoms with Crippen molar-refractivity contribution in [1.82, 2.24) is 0 Å². The Morgan fingerprint density at radius 1 is 0.296 bits per heavy atom. The van der Waals surface area contributed by atoms with Crippen LogP contribution >= 0.6 is 0 Å². The molecule has 0 saturated carbocycles. The van der Waals surface area contributed by atoms with Gasteiger partial charge in [0.05, 0.1) is 11.4 Å². The van der Waals surface area contributed by atoms with Gasteiger partial charge < -0.3 is 9.32 Å². The van der Waals surface area contributed by atoms with Gasteiger partial charge in [0.15, 0.2) is 0 Å². The van der Waals surface area contributed by atoms with Gasteiger partial charge in [-0.2, -0.15) is 0 Å². The van der Waals surface area contributed by atoms with Crippen LogP contribution in [0.2, 0.25) is 0 Å². The largest absolute Gasteiger partial charge is 0.456 e. The fraction of sp³-hybridized carbons (Fsp3) is 0. The molecule has 54 heavy (non-hydrogen) atoms. The Balaban J connectivity index is 1.13. The molecule has 0 aliphatic heterocycles. The molecule has 0 N–H and O–H groups in total. The Kier molecular flexibility index (Phi) is 6.90. The fourth-order valence-electron chi connectivity index (χ4n) is 8.52. The molecule has 252 valence electrons. The van der Waals surface area contributed by atoms with Gasteiger partial charge in [-0.3, -0.25) is 0 Å². The molecule has 0 unspecified atom stereocenters. The van der Waals surface area contributed by atoms with E-state index >= 15 is 0 Å². The van der Waals surface area contributed by atoms with Crippen LogP contribution in [0, 0.1) is 0 Å². The summed E-state index contributed by atoms with van der Waals surface area (Å²) in [5.74, 6) is 0. The first-order valence-electron chi connectivity index (χ1n) is 18.5. The Bertz CT molecular complexity index is 3230. The monoisotopic (exact) mass is 687 g/mol. The quantitative estimate of drug-likeness (QED) is 0.168. The second-order valence-electron chi connectivity index (χ2n) is 14.1. The highest BCUT2D eigenvalue weighted by Crippen LogP contribution is 2.46. The molecule has 0 spiro atoms. The smallest absolute Gasteiger partial charge is 0.135 e. The number of benzene rings is 10. The summed E-state index contributed by atoms with van der Waals surface area (Å²) in [6, 6.07) is 72.4.